The smallest absolute Gasteiger partial charge is 0.326 e. The van der Waals surface area contributed by atoms with Crippen molar-refractivity contribution in [3.05, 3.63) is 36.0 Å². The molecule has 0 spiro atoms. The molecule has 0 aliphatic rings. The Hall–Kier alpha value is -4.01. The van der Waals surface area contributed by atoms with Gasteiger partial charge < -0.3 is 48.3 Å². The van der Waals surface area contributed by atoms with Gasteiger partial charge in [-0.05, 0) is 69.7 Å². The Morgan fingerprint density at radius 3 is 1.95 bits per heavy atom. The summed E-state index contributed by atoms with van der Waals surface area (Å²) in [5.74, 6) is -4.99. The second kappa shape index (κ2) is 16.9. The van der Waals surface area contributed by atoms with E-state index in [0.29, 0.717) is 38.8 Å². The van der Waals surface area contributed by atoms with E-state index >= 15 is 0 Å². The van der Waals surface area contributed by atoms with E-state index in [1.165, 1.54) is 0 Å². The number of carbonyl (C=O) groups excluding carboxylic acids is 3. The average molecular weight is 576 g/mol. The van der Waals surface area contributed by atoms with Crippen LogP contribution in [0.4, 0.5) is 0 Å². The fourth-order valence-electron chi connectivity index (χ4n) is 4.35. The highest BCUT2D eigenvalue weighted by Crippen LogP contribution is 2.19. The maximum absolute atomic E-state index is 13.1. The summed E-state index contributed by atoms with van der Waals surface area (Å²) >= 11 is 0. The number of aliphatic carboxylic acids is 2. The van der Waals surface area contributed by atoms with Gasteiger partial charge in [-0.25, -0.2) is 4.79 Å². The predicted molar refractivity (Wildman–Crippen MR) is 151 cm³/mol. The molecule has 2 aromatic rings. The summed E-state index contributed by atoms with van der Waals surface area (Å²) in [5, 5.41) is 27.1. The molecular weight excluding hydrogens is 534 g/mol. The average Bonchev–Trinajstić information content (AvgIpc) is 3.33. The fourth-order valence-corrected chi connectivity index (χ4v) is 4.35. The molecule has 0 saturated heterocycles. The van der Waals surface area contributed by atoms with E-state index in [1.807, 2.05) is 24.3 Å². The first-order valence-corrected chi connectivity index (χ1v) is 13.6. The number of H-pyrrole nitrogens is 1. The molecule has 1 heterocycles. The molecule has 0 aliphatic heterocycles. The number of fused-ring (bicyclic) bond motifs is 1. The Morgan fingerprint density at radius 2 is 1.34 bits per heavy atom. The third-order valence-corrected chi connectivity index (χ3v) is 6.60. The highest BCUT2D eigenvalue weighted by molar-refractivity contribution is 5.96. The standard InChI is InChI=1S/C27H41N7O7/c28-11-5-3-9-20(25(38)33-21(27(40)41)10-4-6-12-29)32-26(39)22(14-23(35)36)34-24(37)18(30)13-16-15-31-19-8-2-1-7-17(16)19/h1-2,7-8,15,18,20-22,31H,3-6,9-14,28-30H2,(H,32,39)(H,33,38)(H,34,37)(H,35,36)(H,40,41). The number of nitrogens with one attached hydrogen (secondary N) is 4. The van der Waals surface area contributed by atoms with Gasteiger partial charge in [-0.3, -0.25) is 19.2 Å². The largest absolute Gasteiger partial charge is 0.481 e. The summed E-state index contributed by atoms with van der Waals surface area (Å²) in [4.78, 5) is 65.3. The molecule has 0 aliphatic carbocycles. The molecule has 14 nitrogen and oxygen atoms in total. The molecule has 12 N–H and O–H groups in total. The van der Waals surface area contributed by atoms with Gasteiger partial charge in [0.1, 0.15) is 18.1 Å². The van der Waals surface area contributed by atoms with E-state index in [2.05, 4.69) is 20.9 Å². The Labute approximate surface area is 237 Å². The molecule has 0 bridgehead atoms. The van der Waals surface area contributed by atoms with Crippen molar-refractivity contribution < 1.29 is 34.2 Å². The number of carboxylic acids is 2. The molecule has 2 rings (SSSR count). The zero-order valence-corrected chi connectivity index (χ0v) is 22.9. The molecule has 0 fully saturated rings. The van der Waals surface area contributed by atoms with Gasteiger partial charge in [-0.2, -0.15) is 0 Å². The number of rotatable bonds is 19. The first-order valence-electron chi connectivity index (χ1n) is 13.6. The number of amides is 3. The highest BCUT2D eigenvalue weighted by atomic mass is 16.4. The summed E-state index contributed by atoms with van der Waals surface area (Å²) in [6.45, 7) is 0.714. The van der Waals surface area contributed by atoms with Gasteiger partial charge in [0, 0.05) is 17.1 Å². The Kier molecular flexibility index (Phi) is 13.7. The van der Waals surface area contributed by atoms with Gasteiger partial charge in [0.15, 0.2) is 0 Å². The molecule has 0 saturated carbocycles. The van der Waals surface area contributed by atoms with Crippen molar-refractivity contribution in [3.8, 4) is 0 Å². The van der Waals surface area contributed by atoms with E-state index in [9.17, 15) is 34.2 Å². The Morgan fingerprint density at radius 1 is 0.780 bits per heavy atom. The van der Waals surface area contributed by atoms with Crippen LogP contribution < -0.4 is 33.2 Å². The molecule has 41 heavy (non-hydrogen) atoms. The number of aromatic nitrogens is 1. The monoisotopic (exact) mass is 575 g/mol. The van der Waals surface area contributed by atoms with E-state index in [-0.39, 0.29) is 19.3 Å². The van der Waals surface area contributed by atoms with E-state index < -0.39 is 60.2 Å². The van der Waals surface area contributed by atoms with Gasteiger partial charge in [-0.1, -0.05) is 18.2 Å². The summed E-state index contributed by atoms with van der Waals surface area (Å²) in [7, 11) is 0. The molecule has 4 atom stereocenters. The number of unbranched alkanes of at least 4 members (excludes halogenated alkanes) is 2. The molecule has 0 radical (unpaired) electrons. The number of nitrogens with two attached hydrogens (primary N) is 3. The van der Waals surface area contributed by atoms with Crippen LogP contribution in [0.5, 0.6) is 0 Å². The lowest BCUT2D eigenvalue weighted by Gasteiger charge is -2.25. The lowest BCUT2D eigenvalue weighted by Crippen LogP contribution is -2.57. The molecule has 3 amide bonds. The van der Waals surface area contributed by atoms with Crippen molar-refractivity contribution in [2.45, 2.75) is 75.5 Å². The Balaban J connectivity index is 2.12. The minimum atomic E-state index is -1.53. The van der Waals surface area contributed by atoms with E-state index in [4.69, 9.17) is 17.2 Å². The van der Waals surface area contributed by atoms with Crippen molar-refractivity contribution in [3.63, 3.8) is 0 Å². The second-order valence-electron chi connectivity index (χ2n) is 9.86. The fraction of sp³-hybridized carbons (Fsp3) is 0.519. The lowest BCUT2D eigenvalue weighted by atomic mass is 10.0. The quantitative estimate of drug-likeness (QED) is 0.0952. The zero-order valence-electron chi connectivity index (χ0n) is 22.9. The predicted octanol–water partition coefficient (Wildman–Crippen LogP) is -0.691. The van der Waals surface area contributed by atoms with Crippen LogP contribution in [0, 0.1) is 0 Å². The molecule has 226 valence electrons. The number of aromatic amines is 1. The van der Waals surface area contributed by atoms with Gasteiger partial charge >= 0.3 is 11.9 Å². The minimum Gasteiger partial charge on any atom is -0.481 e. The minimum absolute atomic E-state index is 0.123. The van der Waals surface area contributed by atoms with Crippen LogP contribution in [0.15, 0.2) is 30.5 Å². The number of benzene rings is 1. The summed E-state index contributed by atoms with van der Waals surface area (Å²) in [5.41, 5.74) is 18.7. The van der Waals surface area contributed by atoms with Crippen LogP contribution in [-0.4, -0.2) is 82.1 Å². The maximum Gasteiger partial charge on any atom is 0.326 e. The molecule has 14 heteroatoms. The first kappa shape index (κ1) is 33.2. The second-order valence-corrected chi connectivity index (χ2v) is 9.86. The molecular formula is C27H41N7O7. The number of carboxylic acid groups (broad SMARTS) is 2. The van der Waals surface area contributed by atoms with Gasteiger partial charge in [-0.15, -0.1) is 0 Å². The topological polar surface area (TPSA) is 256 Å². The third kappa shape index (κ3) is 10.8. The van der Waals surface area contributed by atoms with Gasteiger partial charge in [0.05, 0.1) is 12.5 Å². The number of hydrogen-bond acceptors (Lipinski definition) is 8. The summed E-state index contributed by atoms with van der Waals surface area (Å²) < 4.78 is 0. The van der Waals surface area contributed by atoms with E-state index in [1.54, 1.807) is 6.20 Å². The SMILES string of the molecule is NCCCCC(NC(=O)C(CCCCN)NC(=O)C(CC(=O)O)NC(=O)C(N)Cc1c[nH]c2ccccc12)C(=O)O. The van der Waals surface area contributed by atoms with Gasteiger partial charge in [0.2, 0.25) is 17.7 Å². The van der Waals surface area contributed by atoms with Crippen LogP contribution >= 0.6 is 0 Å². The normalized spacial score (nSPS) is 14.0. The number of hydrogen-bond donors (Lipinski definition) is 9. The highest BCUT2D eigenvalue weighted by Gasteiger charge is 2.31. The Bertz CT molecular complexity index is 1190. The van der Waals surface area contributed by atoms with Crippen molar-refractivity contribution in [2.24, 2.45) is 17.2 Å². The number of para-hydroxylation sites is 1. The molecule has 1 aromatic heterocycles. The van der Waals surface area contributed by atoms with Crippen molar-refractivity contribution in [1.82, 2.24) is 20.9 Å². The molecule has 1 aromatic carbocycles. The van der Waals surface area contributed by atoms with E-state index in [0.717, 1.165) is 16.5 Å². The lowest BCUT2D eigenvalue weighted by molar-refractivity contribution is -0.143. The van der Waals surface area contributed by atoms with Crippen LogP contribution in [0.3, 0.4) is 0 Å². The first-order chi connectivity index (χ1) is 19.6. The summed E-state index contributed by atoms with van der Waals surface area (Å²) in [6, 6.07) is 2.45. The maximum atomic E-state index is 13.1. The van der Waals surface area contributed by atoms with Crippen LogP contribution in [0.2, 0.25) is 0 Å². The van der Waals surface area contributed by atoms with Gasteiger partial charge in [0.25, 0.3) is 0 Å². The van der Waals surface area contributed by atoms with Crippen molar-refractivity contribution in [1.29, 1.82) is 0 Å². The third-order valence-electron chi connectivity index (χ3n) is 6.60. The zero-order chi connectivity index (χ0) is 30.4. The van der Waals surface area contributed by atoms with Crippen LogP contribution in [0.1, 0.15) is 50.5 Å². The van der Waals surface area contributed by atoms with Crippen molar-refractivity contribution >= 4 is 40.6 Å². The summed E-state index contributed by atoms with van der Waals surface area (Å²) in [6.07, 6.45) is 3.39. The number of carbonyl (C=O) groups is 5. The van der Waals surface area contributed by atoms with Crippen LogP contribution in [0.25, 0.3) is 10.9 Å². The molecule has 4 unspecified atom stereocenters. The van der Waals surface area contributed by atoms with Crippen LogP contribution in [-0.2, 0) is 30.4 Å². The van der Waals surface area contributed by atoms with Crippen molar-refractivity contribution in [2.75, 3.05) is 13.1 Å².